The Bertz CT molecular complexity index is 566. The van der Waals surface area contributed by atoms with Gasteiger partial charge in [0.05, 0.1) is 7.11 Å². The van der Waals surface area contributed by atoms with Crippen molar-refractivity contribution in [1.29, 1.82) is 0 Å². The lowest BCUT2D eigenvalue weighted by Crippen LogP contribution is -2.07. The molecule has 0 amide bonds. The van der Waals surface area contributed by atoms with Crippen LogP contribution in [-0.4, -0.2) is 13.4 Å². The van der Waals surface area contributed by atoms with Gasteiger partial charge in [-0.25, -0.2) is 4.39 Å². The first-order chi connectivity index (χ1) is 9.26. The summed E-state index contributed by atoms with van der Waals surface area (Å²) in [6.45, 7) is 0. The molecule has 98 valence electrons. The summed E-state index contributed by atoms with van der Waals surface area (Å²) < 4.78 is 19.0. The number of carbonyl (C=O) groups is 1. The van der Waals surface area contributed by atoms with E-state index >= 15 is 0 Å². The molecular formula is C16H15FO2. The summed E-state index contributed by atoms with van der Waals surface area (Å²) in [5.41, 5.74) is 1.31. The molecule has 0 N–H and O–H groups in total. The molecule has 1 atom stereocenters. The molecule has 2 aromatic rings. The third-order valence-corrected chi connectivity index (χ3v) is 3.10. The van der Waals surface area contributed by atoms with Crippen LogP contribution in [0.5, 0.6) is 5.75 Å². The van der Waals surface area contributed by atoms with Gasteiger partial charge in [-0.3, -0.25) is 0 Å². The fourth-order valence-corrected chi connectivity index (χ4v) is 2.12. The van der Waals surface area contributed by atoms with Crippen LogP contribution < -0.4 is 4.74 Å². The van der Waals surface area contributed by atoms with Crippen LogP contribution in [0.2, 0.25) is 0 Å². The van der Waals surface area contributed by atoms with Gasteiger partial charge in [-0.2, -0.15) is 0 Å². The summed E-state index contributed by atoms with van der Waals surface area (Å²) in [4.78, 5) is 11.3. The maximum atomic E-state index is 13.7. The number of ether oxygens (including phenoxy) is 1. The Balaban J connectivity index is 2.29. The Kier molecular flexibility index (Phi) is 4.29. The molecule has 0 bridgehead atoms. The van der Waals surface area contributed by atoms with Gasteiger partial charge in [-0.15, -0.1) is 0 Å². The van der Waals surface area contributed by atoms with Gasteiger partial charge in [-0.1, -0.05) is 36.4 Å². The number of carbonyl (C=O) groups excluding carboxylic acids is 1. The van der Waals surface area contributed by atoms with E-state index in [1.807, 2.05) is 24.3 Å². The maximum absolute atomic E-state index is 13.7. The lowest BCUT2D eigenvalue weighted by molar-refractivity contribution is -0.109. The molecule has 3 heteroatoms. The Morgan fingerprint density at radius 3 is 2.53 bits per heavy atom. The fourth-order valence-electron chi connectivity index (χ4n) is 2.12. The highest BCUT2D eigenvalue weighted by atomic mass is 19.1. The molecule has 0 radical (unpaired) electrons. The third kappa shape index (κ3) is 2.99. The Labute approximate surface area is 111 Å². The number of methoxy groups -OCH3 is 1. The fraction of sp³-hybridized carbons (Fsp3) is 0.188. The molecule has 0 spiro atoms. The Hall–Kier alpha value is -2.16. The van der Waals surface area contributed by atoms with Crippen molar-refractivity contribution in [3.8, 4) is 5.75 Å². The Morgan fingerprint density at radius 2 is 1.84 bits per heavy atom. The zero-order valence-electron chi connectivity index (χ0n) is 10.7. The number of rotatable bonds is 5. The molecule has 2 rings (SSSR count). The van der Waals surface area contributed by atoms with Crippen molar-refractivity contribution >= 4 is 6.29 Å². The van der Waals surface area contributed by atoms with Crippen LogP contribution in [0, 0.1) is 5.82 Å². The summed E-state index contributed by atoms with van der Waals surface area (Å²) >= 11 is 0. The monoisotopic (exact) mass is 258 g/mol. The van der Waals surface area contributed by atoms with Gasteiger partial charge in [0, 0.05) is 5.92 Å². The van der Waals surface area contributed by atoms with Gasteiger partial charge >= 0.3 is 0 Å². The highest BCUT2D eigenvalue weighted by molar-refractivity contribution is 5.63. The van der Waals surface area contributed by atoms with E-state index < -0.39 is 5.92 Å². The quantitative estimate of drug-likeness (QED) is 0.769. The van der Waals surface area contributed by atoms with Crippen LogP contribution in [0.1, 0.15) is 17.0 Å². The summed E-state index contributed by atoms with van der Waals surface area (Å²) in [7, 11) is 1.58. The summed E-state index contributed by atoms with van der Waals surface area (Å²) in [6.07, 6.45) is 1.21. The lowest BCUT2D eigenvalue weighted by atomic mass is 9.92. The first-order valence-corrected chi connectivity index (χ1v) is 6.08. The van der Waals surface area contributed by atoms with Gasteiger partial charge in [-0.05, 0) is 29.7 Å². The molecule has 0 heterocycles. The van der Waals surface area contributed by atoms with E-state index in [0.29, 0.717) is 17.7 Å². The maximum Gasteiger partial charge on any atom is 0.127 e. The second-order valence-electron chi connectivity index (χ2n) is 4.28. The predicted octanol–water partition coefficient (Wildman–Crippen LogP) is 3.36. The minimum Gasteiger partial charge on any atom is -0.496 e. The minimum atomic E-state index is -0.502. The van der Waals surface area contributed by atoms with E-state index in [4.69, 9.17) is 4.74 Å². The van der Waals surface area contributed by atoms with E-state index in [1.165, 1.54) is 6.07 Å². The van der Waals surface area contributed by atoms with Gasteiger partial charge < -0.3 is 9.53 Å². The average Bonchev–Trinajstić information content (AvgIpc) is 2.46. The molecule has 0 aliphatic carbocycles. The van der Waals surface area contributed by atoms with Crippen molar-refractivity contribution in [2.24, 2.45) is 0 Å². The molecule has 1 unspecified atom stereocenters. The first-order valence-electron chi connectivity index (χ1n) is 6.08. The topological polar surface area (TPSA) is 26.3 Å². The standard InChI is InChI=1S/C16H15FO2/c1-19-16-9-5-2-6-12(16)10-13(11-18)14-7-3-4-8-15(14)17/h2-9,11,13H,10H2,1H3. The number of halogens is 1. The second-order valence-corrected chi connectivity index (χ2v) is 4.28. The van der Waals surface area contributed by atoms with Gasteiger partial charge in [0.15, 0.2) is 0 Å². The summed E-state index contributed by atoms with van der Waals surface area (Å²) in [5.74, 6) is -0.141. The molecule has 0 aliphatic rings. The average molecular weight is 258 g/mol. The van der Waals surface area contributed by atoms with Gasteiger partial charge in [0.2, 0.25) is 0 Å². The third-order valence-electron chi connectivity index (χ3n) is 3.10. The second kappa shape index (κ2) is 6.14. The van der Waals surface area contributed by atoms with Crippen molar-refractivity contribution in [2.45, 2.75) is 12.3 Å². The lowest BCUT2D eigenvalue weighted by Gasteiger charge is -2.14. The molecule has 19 heavy (non-hydrogen) atoms. The highest BCUT2D eigenvalue weighted by Crippen LogP contribution is 2.26. The molecule has 0 aliphatic heterocycles. The van der Waals surface area contributed by atoms with Crippen LogP contribution in [0.15, 0.2) is 48.5 Å². The Morgan fingerprint density at radius 1 is 1.16 bits per heavy atom. The van der Waals surface area contributed by atoms with E-state index in [9.17, 15) is 9.18 Å². The molecular weight excluding hydrogens is 243 g/mol. The molecule has 0 saturated carbocycles. The van der Waals surface area contributed by atoms with E-state index in [1.54, 1.807) is 25.3 Å². The first kappa shape index (κ1) is 13.3. The van der Waals surface area contributed by atoms with Crippen molar-refractivity contribution in [1.82, 2.24) is 0 Å². The molecule has 0 fully saturated rings. The van der Waals surface area contributed by atoms with Crippen molar-refractivity contribution in [3.63, 3.8) is 0 Å². The van der Waals surface area contributed by atoms with Gasteiger partial charge in [0.25, 0.3) is 0 Å². The van der Waals surface area contributed by atoms with E-state index in [0.717, 1.165) is 11.8 Å². The molecule has 0 saturated heterocycles. The van der Waals surface area contributed by atoms with Crippen LogP contribution in [-0.2, 0) is 11.2 Å². The van der Waals surface area contributed by atoms with Crippen LogP contribution >= 0.6 is 0 Å². The number of benzene rings is 2. The zero-order chi connectivity index (χ0) is 13.7. The number of aldehydes is 1. The molecule has 2 nitrogen and oxygen atoms in total. The van der Waals surface area contributed by atoms with Crippen LogP contribution in [0.25, 0.3) is 0 Å². The van der Waals surface area contributed by atoms with Crippen LogP contribution in [0.3, 0.4) is 0 Å². The van der Waals surface area contributed by atoms with Crippen molar-refractivity contribution in [2.75, 3.05) is 7.11 Å². The number of hydrogen-bond donors (Lipinski definition) is 0. The predicted molar refractivity (Wildman–Crippen MR) is 71.9 cm³/mol. The molecule has 2 aromatic carbocycles. The van der Waals surface area contributed by atoms with Gasteiger partial charge in [0.1, 0.15) is 17.9 Å². The normalized spacial score (nSPS) is 11.9. The SMILES string of the molecule is COc1ccccc1CC(C=O)c1ccccc1F. The smallest absolute Gasteiger partial charge is 0.127 e. The number of hydrogen-bond acceptors (Lipinski definition) is 2. The zero-order valence-corrected chi connectivity index (χ0v) is 10.7. The van der Waals surface area contributed by atoms with Crippen molar-refractivity contribution in [3.05, 3.63) is 65.5 Å². The van der Waals surface area contributed by atoms with E-state index in [-0.39, 0.29) is 5.82 Å². The minimum absolute atomic E-state index is 0.352. The summed E-state index contributed by atoms with van der Waals surface area (Å²) in [6, 6.07) is 13.8. The largest absolute Gasteiger partial charge is 0.496 e. The van der Waals surface area contributed by atoms with Crippen LogP contribution in [0.4, 0.5) is 4.39 Å². The van der Waals surface area contributed by atoms with E-state index in [2.05, 4.69) is 0 Å². The van der Waals surface area contributed by atoms with Crippen molar-refractivity contribution < 1.29 is 13.9 Å². The number of para-hydroxylation sites is 1. The molecule has 0 aromatic heterocycles. The summed E-state index contributed by atoms with van der Waals surface area (Å²) in [5, 5.41) is 0. The highest BCUT2D eigenvalue weighted by Gasteiger charge is 2.17.